The Balaban J connectivity index is 1.83. The lowest BCUT2D eigenvalue weighted by Crippen LogP contribution is -2.27. The highest BCUT2D eigenvalue weighted by Gasteiger charge is 2.29. The molecule has 1 aliphatic rings. The van der Waals surface area contributed by atoms with Crippen LogP contribution in [-0.4, -0.2) is 38.0 Å². The van der Waals surface area contributed by atoms with Crippen LogP contribution in [0.5, 0.6) is 0 Å². The minimum absolute atomic E-state index is 0.319. The molecule has 0 aliphatic carbocycles. The Bertz CT molecular complexity index is 588. The lowest BCUT2D eigenvalue weighted by molar-refractivity contribution is 0.634. The average molecular weight is 291 g/mol. The third-order valence-electron chi connectivity index (χ3n) is 3.66. The van der Waals surface area contributed by atoms with Gasteiger partial charge in [0.1, 0.15) is 5.82 Å². The summed E-state index contributed by atoms with van der Waals surface area (Å²) in [6, 6.07) is 0. The molecule has 1 unspecified atom stereocenters. The van der Waals surface area contributed by atoms with Crippen LogP contribution < -0.4 is 10.6 Å². The zero-order chi connectivity index (χ0) is 14.0. The Morgan fingerprint density at radius 1 is 1.45 bits per heavy atom. The number of hydrogen-bond acceptors (Lipinski definition) is 5. The number of aromatic nitrogens is 3. The van der Waals surface area contributed by atoms with Gasteiger partial charge in [0, 0.05) is 30.2 Å². The molecule has 5 nitrogen and oxygen atoms in total. The van der Waals surface area contributed by atoms with Gasteiger partial charge in [-0.25, -0.2) is 9.97 Å². The predicted octanol–water partition coefficient (Wildman–Crippen LogP) is 2.86. The second kappa shape index (κ2) is 5.52. The van der Waals surface area contributed by atoms with Gasteiger partial charge < -0.3 is 15.0 Å². The molecular formula is C14H21N5S. The number of thioether (sulfide) groups is 1. The van der Waals surface area contributed by atoms with Crippen LogP contribution in [0.25, 0.3) is 5.65 Å². The monoisotopic (exact) mass is 291 g/mol. The Kier molecular flexibility index (Phi) is 3.74. The summed E-state index contributed by atoms with van der Waals surface area (Å²) < 4.78 is 2.33. The van der Waals surface area contributed by atoms with Crippen molar-refractivity contribution in [3.8, 4) is 0 Å². The van der Waals surface area contributed by atoms with Crippen LogP contribution in [0.1, 0.15) is 26.7 Å². The summed E-state index contributed by atoms with van der Waals surface area (Å²) in [6.45, 7) is 6.20. The summed E-state index contributed by atoms with van der Waals surface area (Å²) in [4.78, 5) is 9.03. The van der Waals surface area contributed by atoms with Crippen molar-refractivity contribution in [1.29, 1.82) is 0 Å². The lowest BCUT2D eigenvalue weighted by Gasteiger charge is -2.23. The minimum Gasteiger partial charge on any atom is -0.369 e. The molecule has 0 aromatic carbocycles. The number of imidazole rings is 1. The summed E-state index contributed by atoms with van der Waals surface area (Å²) in [7, 11) is 0. The van der Waals surface area contributed by atoms with Crippen molar-refractivity contribution in [2.45, 2.75) is 31.4 Å². The minimum atomic E-state index is 0.319. The van der Waals surface area contributed by atoms with Gasteiger partial charge in [-0.1, -0.05) is 0 Å². The number of nitrogens with zero attached hydrogens (tertiary/aromatic N) is 3. The van der Waals surface area contributed by atoms with Gasteiger partial charge in [-0.3, -0.25) is 0 Å². The maximum absolute atomic E-state index is 4.64. The molecule has 0 spiro atoms. The van der Waals surface area contributed by atoms with Gasteiger partial charge in [0.25, 0.3) is 0 Å². The second-order valence-electron chi connectivity index (χ2n) is 5.42. The van der Waals surface area contributed by atoms with E-state index in [0.717, 1.165) is 30.4 Å². The summed E-state index contributed by atoms with van der Waals surface area (Å²) in [5.41, 5.74) is 0.887. The number of anilines is 2. The van der Waals surface area contributed by atoms with E-state index in [4.69, 9.17) is 0 Å². The van der Waals surface area contributed by atoms with Crippen molar-refractivity contribution in [2.24, 2.45) is 0 Å². The molecule has 1 fully saturated rings. The molecule has 20 heavy (non-hydrogen) atoms. The zero-order valence-electron chi connectivity index (χ0n) is 12.0. The number of nitrogens with one attached hydrogen (secondary N) is 2. The molecule has 1 atom stereocenters. The lowest BCUT2D eigenvalue weighted by atomic mass is 10.1. The second-order valence-corrected chi connectivity index (χ2v) is 7.10. The fourth-order valence-electron chi connectivity index (χ4n) is 2.56. The summed E-state index contributed by atoms with van der Waals surface area (Å²) in [5.74, 6) is 3.01. The van der Waals surface area contributed by atoms with E-state index in [-0.39, 0.29) is 0 Å². The van der Waals surface area contributed by atoms with Gasteiger partial charge in [-0.05, 0) is 32.4 Å². The van der Waals surface area contributed by atoms with Crippen LogP contribution >= 0.6 is 11.8 Å². The third-order valence-corrected chi connectivity index (χ3v) is 5.20. The molecule has 2 N–H and O–H groups in total. The molecular weight excluding hydrogens is 270 g/mol. The Hall–Kier alpha value is -1.43. The van der Waals surface area contributed by atoms with Gasteiger partial charge in [0.2, 0.25) is 0 Å². The van der Waals surface area contributed by atoms with E-state index >= 15 is 0 Å². The van der Waals surface area contributed by atoms with E-state index in [1.165, 1.54) is 18.6 Å². The predicted molar refractivity (Wildman–Crippen MR) is 85.7 cm³/mol. The Morgan fingerprint density at radius 2 is 2.35 bits per heavy atom. The van der Waals surface area contributed by atoms with Crippen molar-refractivity contribution in [1.82, 2.24) is 14.4 Å². The molecule has 0 amide bonds. The molecule has 2 aromatic rings. The standard InChI is InChI=1S/C14H21N5S/c1-3-15-11-9-19-7-6-16-13(19)12(18-11)17-10-14(2)5-4-8-20-14/h6-7,9,15H,3-5,8,10H2,1-2H3,(H,17,18). The van der Waals surface area contributed by atoms with Gasteiger partial charge in [0.05, 0.1) is 6.20 Å². The number of hydrogen-bond donors (Lipinski definition) is 2. The summed E-state index contributed by atoms with van der Waals surface area (Å²) in [6.07, 6.45) is 8.32. The molecule has 0 bridgehead atoms. The van der Waals surface area contributed by atoms with Crippen molar-refractivity contribution in [3.63, 3.8) is 0 Å². The first-order chi connectivity index (χ1) is 9.70. The van der Waals surface area contributed by atoms with E-state index in [9.17, 15) is 0 Å². The van der Waals surface area contributed by atoms with E-state index in [0.29, 0.717) is 4.75 Å². The first-order valence-corrected chi connectivity index (χ1v) is 8.14. The molecule has 2 aromatic heterocycles. The first-order valence-electron chi connectivity index (χ1n) is 7.16. The molecule has 1 aliphatic heterocycles. The van der Waals surface area contributed by atoms with Crippen LogP contribution in [0.2, 0.25) is 0 Å². The summed E-state index contributed by atoms with van der Waals surface area (Å²) in [5, 5.41) is 6.76. The molecule has 3 rings (SSSR count). The van der Waals surface area contributed by atoms with Crippen molar-refractivity contribution >= 4 is 29.0 Å². The van der Waals surface area contributed by atoms with Crippen LogP contribution in [-0.2, 0) is 0 Å². The fourth-order valence-corrected chi connectivity index (χ4v) is 3.81. The smallest absolute Gasteiger partial charge is 0.180 e. The highest BCUT2D eigenvalue weighted by molar-refractivity contribution is 8.00. The molecule has 3 heterocycles. The maximum atomic E-state index is 4.64. The van der Waals surface area contributed by atoms with Crippen LogP contribution in [0, 0.1) is 0 Å². The quantitative estimate of drug-likeness (QED) is 0.887. The fraction of sp³-hybridized carbons (Fsp3) is 0.571. The molecule has 108 valence electrons. The van der Waals surface area contributed by atoms with E-state index in [1.807, 2.05) is 23.0 Å². The highest BCUT2D eigenvalue weighted by atomic mass is 32.2. The van der Waals surface area contributed by atoms with Gasteiger partial charge in [-0.2, -0.15) is 11.8 Å². The zero-order valence-corrected chi connectivity index (χ0v) is 12.8. The average Bonchev–Trinajstić information content (AvgIpc) is 3.06. The third kappa shape index (κ3) is 2.70. The van der Waals surface area contributed by atoms with Gasteiger partial charge in [-0.15, -0.1) is 0 Å². The first kappa shape index (κ1) is 13.5. The number of fused-ring (bicyclic) bond motifs is 1. The van der Waals surface area contributed by atoms with Crippen LogP contribution in [0.3, 0.4) is 0 Å². The van der Waals surface area contributed by atoms with Gasteiger partial charge in [0.15, 0.2) is 11.5 Å². The molecule has 1 saturated heterocycles. The van der Waals surface area contributed by atoms with Gasteiger partial charge >= 0.3 is 0 Å². The SMILES string of the molecule is CCNc1cn2ccnc2c(NCC2(C)CCCS2)n1. The van der Waals surface area contributed by atoms with Crippen molar-refractivity contribution < 1.29 is 0 Å². The van der Waals surface area contributed by atoms with E-state index in [1.54, 1.807) is 0 Å². The van der Waals surface area contributed by atoms with Crippen LogP contribution in [0.4, 0.5) is 11.6 Å². The Morgan fingerprint density at radius 3 is 3.10 bits per heavy atom. The normalized spacial score (nSPS) is 22.3. The van der Waals surface area contributed by atoms with Crippen molar-refractivity contribution in [3.05, 3.63) is 18.6 Å². The van der Waals surface area contributed by atoms with Crippen molar-refractivity contribution in [2.75, 3.05) is 29.5 Å². The Labute approximate surface area is 123 Å². The molecule has 0 saturated carbocycles. The van der Waals surface area contributed by atoms with Crippen LogP contribution in [0.15, 0.2) is 18.6 Å². The maximum Gasteiger partial charge on any atom is 0.180 e. The van der Waals surface area contributed by atoms with E-state index in [2.05, 4.69) is 46.2 Å². The summed E-state index contributed by atoms with van der Waals surface area (Å²) >= 11 is 2.05. The highest BCUT2D eigenvalue weighted by Crippen LogP contribution is 2.37. The van der Waals surface area contributed by atoms with E-state index < -0.39 is 0 Å². The largest absolute Gasteiger partial charge is 0.369 e. The number of rotatable bonds is 5. The topological polar surface area (TPSA) is 54.2 Å². The molecule has 0 radical (unpaired) electrons. The molecule has 6 heteroatoms.